The zero-order chi connectivity index (χ0) is 19.3. The van der Waals surface area contributed by atoms with E-state index in [1.54, 1.807) is 7.11 Å². The molecule has 0 aliphatic carbocycles. The van der Waals surface area contributed by atoms with Crippen LogP contribution in [0.3, 0.4) is 0 Å². The van der Waals surface area contributed by atoms with Gasteiger partial charge < -0.3 is 10.1 Å². The predicted octanol–water partition coefficient (Wildman–Crippen LogP) is 2.95. The van der Waals surface area contributed by atoms with Gasteiger partial charge in [0.2, 0.25) is 5.95 Å². The first-order chi connectivity index (χ1) is 13.7. The maximum Gasteiger partial charge on any atom is 0.257 e. The molecule has 0 fully saturated rings. The van der Waals surface area contributed by atoms with Crippen LogP contribution >= 0.6 is 0 Å². The summed E-state index contributed by atoms with van der Waals surface area (Å²) in [5.41, 5.74) is 3.86. The number of anilines is 1. The first-order valence-electron chi connectivity index (χ1n) is 9.47. The number of methoxy groups -OCH3 is 1. The molecule has 0 radical (unpaired) electrons. The van der Waals surface area contributed by atoms with Crippen LogP contribution in [0.25, 0.3) is 0 Å². The summed E-state index contributed by atoms with van der Waals surface area (Å²) in [6, 6.07) is 18.1. The third-order valence-corrected chi connectivity index (χ3v) is 5.04. The summed E-state index contributed by atoms with van der Waals surface area (Å²) < 4.78 is 5.37. The summed E-state index contributed by atoms with van der Waals surface area (Å²) in [4.78, 5) is 22.5. The second-order valence-corrected chi connectivity index (χ2v) is 6.95. The molecule has 1 aliphatic heterocycles. The van der Waals surface area contributed by atoms with Crippen molar-refractivity contribution in [1.29, 1.82) is 0 Å². The molecule has 3 aromatic rings. The number of rotatable bonds is 6. The van der Waals surface area contributed by atoms with Crippen LogP contribution in [0.1, 0.15) is 22.4 Å². The fourth-order valence-electron chi connectivity index (χ4n) is 3.57. The summed E-state index contributed by atoms with van der Waals surface area (Å²) in [6.07, 6.45) is 0.773. The average Bonchev–Trinajstić information content (AvgIpc) is 2.73. The Bertz CT molecular complexity index is 1000. The minimum atomic E-state index is -0.0645. The van der Waals surface area contributed by atoms with Gasteiger partial charge in [0.25, 0.3) is 5.56 Å². The summed E-state index contributed by atoms with van der Waals surface area (Å²) in [7, 11) is 1.65. The molecule has 6 heteroatoms. The summed E-state index contributed by atoms with van der Waals surface area (Å²) in [5, 5.41) is 3.22. The molecule has 28 heavy (non-hydrogen) atoms. The molecule has 2 heterocycles. The highest BCUT2D eigenvalue weighted by atomic mass is 16.5. The Morgan fingerprint density at radius 1 is 1.14 bits per heavy atom. The Balaban J connectivity index is 1.46. The summed E-state index contributed by atoms with van der Waals surface area (Å²) >= 11 is 0. The number of hydrogen-bond acceptors (Lipinski definition) is 5. The van der Waals surface area contributed by atoms with Crippen molar-refractivity contribution in [1.82, 2.24) is 14.9 Å². The van der Waals surface area contributed by atoms with Crippen molar-refractivity contribution in [3.8, 4) is 5.75 Å². The van der Waals surface area contributed by atoms with Gasteiger partial charge in [-0.05, 0) is 11.6 Å². The number of nitrogens with zero attached hydrogens (tertiary/aromatic N) is 2. The van der Waals surface area contributed by atoms with Gasteiger partial charge in [0.05, 0.1) is 18.4 Å². The summed E-state index contributed by atoms with van der Waals surface area (Å²) in [6.45, 7) is 2.89. The number of para-hydroxylation sites is 1. The van der Waals surface area contributed by atoms with E-state index in [1.807, 2.05) is 42.5 Å². The SMILES string of the molecule is COc1ccccc1CNc1nc2c(c(=O)[nH]1)CN(Cc1ccccc1)CC2. The third kappa shape index (κ3) is 4.07. The van der Waals surface area contributed by atoms with Crippen LogP contribution in [0, 0.1) is 0 Å². The lowest BCUT2D eigenvalue weighted by atomic mass is 10.1. The fourth-order valence-corrected chi connectivity index (χ4v) is 3.57. The van der Waals surface area contributed by atoms with E-state index in [9.17, 15) is 4.79 Å². The number of aromatic amines is 1. The lowest BCUT2D eigenvalue weighted by Gasteiger charge is -2.27. The van der Waals surface area contributed by atoms with Gasteiger partial charge in [-0.25, -0.2) is 4.98 Å². The lowest BCUT2D eigenvalue weighted by molar-refractivity contribution is 0.242. The number of nitrogens with one attached hydrogen (secondary N) is 2. The van der Waals surface area contributed by atoms with Gasteiger partial charge >= 0.3 is 0 Å². The van der Waals surface area contributed by atoms with Crippen LogP contribution in [0.2, 0.25) is 0 Å². The number of aromatic nitrogens is 2. The van der Waals surface area contributed by atoms with Crippen LogP contribution in [0.5, 0.6) is 5.75 Å². The van der Waals surface area contributed by atoms with Crippen LogP contribution in [-0.2, 0) is 26.1 Å². The van der Waals surface area contributed by atoms with Gasteiger partial charge in [0.15, 0.2) is 0 Å². The molecule has 0 unspecified atom stereocenters. The molecule has 0 bridgehead atoms. The van der Waals surface area contributed by atoms with E-state index in [4.69, 9.17) is 4.74 Å². The van der Waals surface area contributed by atoms with Crippen LogP contribution in [0.4, 0.5) is 5.95 Å². The van der Waals surface area contributed by atoms with E-state index in [0.717, 1.165) is 42.1 Å². The average molecular weight is 376 g/mol. The zero-order valence-corrected chi connectivity index (χ0v) is 15.9. The predicted molar refractivity (Wildman–Crippen MR) is 109 cm³/mol. The lowest BCUT2D eigenvalue weighted by Crippen LogP contribution is -2.35. The van der Waals surface area contributed by atoms with Gasteiger partial charge in [-0.1, -0.05) is 48.5 Å². The molecule has 0 amide bonds. The second-order valence-electron chi connectivity index (χ2n) is 6.95. The van der Waals surface area contributed by atoms with Crippen LogP contribution in [-0.4, -0.2) is 28.5 Å². The van der Waals surface area contributed by atoms with Gasteiger partial charge in [-0.3, -0.25) is 14.7 Å². The number of hydrogen-bond donors (Lipinski definition) is 2. The minimum absolute atomic E-state index is 0.0645. The maximum atomic E-state index is 12.6. The zero-order valence-electron chi connectivity index (χ0n) is 15.9. The highest BCUT2D eigenvalue weighted by molar-refractivity contribution is 5.38. The van der Waals surface area contributed by atoms with E-state index in [2.05, 4.69) is 32.3 Å². The van der Waals surface area contributed by atoms with E-state index in [0.29, 0.717) is 19.0 Å². The first-order valence-corrected chi connectivity index (χ1v) is 9.47. The van der Waals surface area contributed by atoms with Crippen molar-refractivity contribution in [2.24, 2.45) is 0 Å². The first kappa shape index (κ1) is 18.3. The molecule has 2 aromatic carbocycles. The van der Waals surface area contributed by atoms with E-state index < -0.39 is 0 Å². The highest BCUT2D eigenvalue weighted by Gasteiger charge is 2.21. The Kier molecular flexibility index (Phi) is 5.39. The van der Waals surface area contributed by atoms with Gasteiger partial charge in [-0.15, -0.1) is 0 Å². The smallest absolute Gasteiger partial charge is 0.257 e. The van der Waals surface area contributed by atoms with Crippen molar-refractivity contribution in [2.75, 3.05) is 19.0 Å². The fraction of sp³-hybridized carbons (Fsp3) is 0.273. The molecule has 0 saturated carbocycles. The van der Waals surface area contributed by atoms with Crippen molar-refractivity contribution < 1.29 is 4.74 Å². The van der Waals surface area contributed by atoms with Crippen molar-refractivity contribution in [3.63, 3.8) is 0 Å². The molecule has 4 rings (SSSR count). The van der Waals surface area contributed by atoms with Gasteiger partial charge in [-0.2, -0.15) is 0 Å². The number of ether oxygens (including phenoxy) is 1. The third-order valence-electron chi connectivity index (χ3n) is 5.04. The largest absolute Gasteiger partial charge is 0.496 e. The monoisotopic (exact) mass is 376 g/mol. The van der Waals surface area contributed by atoms with E-state index >= 15 is 0 Å². The minimum Gasteiger partial charge on any atom is -0.496 e. The molecule has 144 valence electrons. The van der Waals surface area contributed by atoms with Gasteiger partial charge in [0.1, 0.15) is 5.75 Å². The molecule has 1 aliphatic rings. The molecule has 0 saturated heterocycles. The molecular formula is C22H24N4O2. The Hall–Kier alpha value is -3.12. The van der Waals surface area contributed by atoms with E-state index in [1.165, 1.54) is 5.56 Å². The number of benzene rings is 2. The quantitative estimate of drug-likeness (QED) is 0.692. The van der Waals surface area contributed by atoms with Crippen LogP contribution in [0.15, 0.2) is 59.4 Å². The maximum absolute atomic E-state index is 12.6. The molecular weight excluding hydrogens is 352 g/mol. The second kappa shape index (κ2) is 8.27. The highest BCUT2D eigenvalue weighted by Crippen LogP contribution is 2.20. The standard InChI is InChI=1S/C22H24N4O2/c1-28-20-10-6-5-9-17(20)13-23-22-24-19-11-12-26(15-18(19)21(27)25-22)14-16-7-3-2-4-8-16/h2-10H,11-15H2,1H3,(H2,23,24,25,27). The Morgan fingerprint density at radius 3 is 2.75 bits per heavy atom. The number of fused-ring (bicyclic) bond motifs is 1. The van der Waals surface area contributed by atoms with Crippen molar-refractivity contribution in [3.05, 3.63) is 87.3 Å². The molecule has 1 aromatic heterocycles. The Morgan fingerprint density at radius 2 is 1.93 bits per heavy atom. The molecule has 2 N–H and O–H groups in total. The van der Waals surface area contributed by atoms with Gasteiger partial charge in [0, 0.05) is 38.2 Å². The molecule has 0 spiro atoms. The Labute approximate surface area is 164 Å². The normalized spacial score (nSPS) is 13.8. The number of H-pyrrole nitrogens is 1. The summed E-state index contributed by atoms with van der Waals surface area (Å²) in [5.74, 6) is 1.32. The molecule has 6 nitrogen and oxygen atoms in total. The van der Waals surface area contributed by atoms with Crippen molar-refractivity contribution >= 4 is 5.95 Å². The topological polar surface area (TPSA) is 70.2 Å². The van der Waals surface area contributed by atoms with Crippen LogP contribution < -0.4 is 15.6 Å². The molecule has 0 atom stereocenters. The van der Waals surface area contributed by atoms with E-state index in [-0.39, 0.29) is 5.56 Å². The van der Waals surface area contributed by atoms with Crippen molar-refractivity contribution in [2.45, 2.75) is 26.1 Å².